The van der Waals surface area contributed by atoms with E-state index >= 15 is 0 Å². The molecule has 0 spiro atoms. The molecule has 0 aromatic heterocycles. The molecule has 0 bridgehead atoms. The Morgan fingerprint density at radius 3 is 1.73 bits per heavy atom. The summed E-state index contributed by atoms with van der Waals surface area (Å²) in [6, 6.07) is 9.73. The number of hydrogen-bond acceptors (Lipinski definition) is 5. The monoisotopic (exact) mass is 518 g/mol. The molecule has 0 saturated carbocycles. The van der Waals surface area contributed by atoms with Crippen LogP contribution in [0.1, 0.15) is 63.9 Å². The van der Waals surface area contributed by atoms with E-state index in [9.17, 15) is 25.9 Å². The SMILES string of the molecule is CCCCCCCCCCc1c(Oc2ccccc2S(=O)(=O)O)cccc1S(=O)(=O)O.[NaH].[NaH]. The van der Waals surface area contributed by atoms with Crippen molar-refractivity contribution in [1.82, 2.24) is 0 Å². The van der Waals surface area contributed by atoms with Gasteiger partial charge < -0.3 is 4.74 Å². The van der Waals surface area contributed by atoms with Crippen molar-refractivity contribution in [3.8, 4) is 11.5 Å². The minimum atomic E-state index is -4.53. The normalized spacial score (nSPS) is 11.4. The average molecular weight is 519 g/mol. The van der Waals surface area contributed by atoms with Crippen LogP contribution < -0.4 is 4.74 Å². The quantitative estimate of drug-likeness (QED) is 0.230. The summed E-state index contributed by atoms with van der Waals surface area (Å²) in [5.41, 5.74) is 0.279. The summed E-state index contributed by atoms with van der Waals surface area (Å²) in [6.07, 6.45) is 8.88. The molecule has 0 amide bonds. The van der Waals surface area contributed by atoms with Gasteiger partial charge >= 0.3 is 59.1 Å². The zero-order chi connectivity index (χ0) is 22.9. The maximum atomic E-state index is 11.9. The molecule has 0 fully saturated rings. The summed E-state index contributed by atoms with van der Waals surface area (Å²) in [5.74, 6) is -0.0103. The van der Waals surface area contributed by atoms with E-state index in [1.807, 2.05) is 0 Å². The Hall–Kier alpha value is 0.0600. The molecule has 0 unspecified atom stereocenters. The maximum absolute atomic E-state index is 11.9. The predicted octanol–water partition coefficient (Wildman–Crippen LogP) is 4.36. The molecule has 7 nitrogen and oxygen atoms in total. The van der Waals surface area contributed by atoms with E-state index in [1.54, 1.807) is 0 Å². The van der Waals surface area contributed by atoms with Crippen LogP contribution in [0.5, 0.6) is 11.5 Å². The first kappa shape index (κ1) is 33.1. The molecule has 11 heteroatoms. The predicted molar refractivity (Wildman–Crippen MR) is 133 cm³/mol. The fraction of sp³-hybridized carbons (Fsp3) is 0.455. The van der Waals surface area contributed by atoms with Gasteiger partial charge in [-0.05, 0) is 37.1 Å². The Bertz CT molecular complexity index is 1070. The van der Waals surface area contributed by atoms with Gasteiger partial charge in [-0.2, -0.15) is 16.8 Å². The molecule has 0 radical (unpaired) electrons. The van der Waals surface area contributed by atoms with Crippen LogP contribution in [0.2, 0.25) is 0 Å². The molecule has 0 saturated heterocycles. The molecule has 2 N–H and O–H groups in total. The van der Waals surface area contributed by atoms with E-state index in [1.165, 1.54) is 68.1 Å². The van der Waals surface area contributed by atoms with Gasteiger partial charge in [0.2, 0.25) is 0 Å². The fourth-order valence-corrected chi connectivity index (χ4v) is 4.81. The second kappa shape index (κ2) is 15.9. The summed E-state index contributed by atoms with van der Waals surface area (Å²) >= 11 is 0. The molecule has 0 heterocycles. The minimum absolute atomic E-state index is 0. The van der Waals surface area contributed by atoms with Gasteiger partial charge in [0.25, 0.3) is 20.2 Å². The van der Waals surface area contributed by atoms with Gasteiger partial charge in [-0.1, -0.05) is 70.1 Å². The van der Waals surface area contributed by atoms with Crippen LogP contribution in [0.15, 0.2) is 52.3 Å². The van der Waals surface area contributed by atoms with E-state index in [-0.39, 0.29) is 81.1 Å². The fourth-order valence-electron chi connectivity index (χ4n) is 3.43. The Kier molecular flexibility index (Phi) is 16.0. The van der Waals surface area contributed by atoms with Gasteiger partial charge in [0.05, 0.1) is 0 Å². The molecule has 0 aliphatic rings. The van der Waals surface area contributed by atoms with Crippen molar-refractivity contribution < 1.29 is 30.7 Å². The molecule has 0 aliphatic carbocycles. The van der Waals surface area contributed by atoms with Crippen molar-refractivity contribution in [2.24, 2.45) is 0 Å². The number of ether oxygens (including phenoxy) is 1. The molecular weight excluding hydrogens is 486 g/mol. The van der Waals surface area contributed by atoms with Crippen molar-refractivity contribution >= 4 is 79.4 Å². The van der Waals surface area contributed by atoms with Crippen molar-refractivity contribution in [2.45, 2.75) is 74.5 Å². The Labute approximate surface area is 241 Å². The first-order valence-electron chi connectivity index (χ1n) is 10.5. The summed E-state index contributed by atoms with van der Waals surface area (Å²) in [7, 11) is -9.02. The van der Waals surface area contributed by atoms with E-state index < -0.39 is 25.1 Å². The standard InChI is InChI=1S/C22H30O7S2.2Na.2H/c1-2-3-4-5-6-7-8-9-13-18-19(15-12-17-21(18)30(23,24)25)29-20-14-10-11-16-22(20)31(26,27)28;;;;/h10-12,14-17H,2-9,13H2,1H3,(H,23,24,25)(H,26,27,28);;;;. The molecule has 2 aromatic carbocycles. The van der Waals surface area contributed by atoms with Crippen LogP contribution in [0.4, 0.5) is 0 Å². The van der Waals surface area contributed by atoms with Crippen LogP contribution in [0.25, 0.3) is 0 Å². The summed E-state index contributed by atoms with van der Waals surface area (Å²) < 4.78 is 71.8. The molecular formula is C22H32Na2O7S2. The van der Waals surface area contributed by atoms with Gasteiger partial charge in [-0.3, -0.25) is 9.11 Å². The zero-order valence-corrected chi connectivity index (χ0v) is 19.3. The third kappa shape index (κ3) is 11.1. The van der Waals surface area contributed by atoms with E-state index in [2.05, 4.69) is 6.92 Å². The van der Waals surface area contributed by atoms with Gasteiger partial charge in [-0.25, -0.2) is 0 Å². The van der Waals surface area contributed by atoms with Crippen LogP contribution in [-0.2, 0) is 26.7 Å². The topological polar surface area (TPSA) is 118 Å². The third-order valence-corrected chi connectivity index (χ3v) is 6.83. The van der Waals surface area contributed by atoms with Crippen LogP contribution >= 0.6 is 0 Å². The number of rotatable bonds is 13. The van der Waals surface area contributed by atoms with Crippen LogP contribution in [0.3, 0.4) is 0 Å². The van der Waals surface area contributed by atoms with Gasteiger partial charge in [-0.15, -0.1) is 0 Å². The molecule has 2 rings (SSSR count). The van der Waals surface area contributed by atoms with Gasteiger partial charge in [0, 0.05) is 5.56 Å². The Morgan fingerprint density at radius 1 is 0.667 bits per heavy atom. The van der Waals surface area contributed by atoms with Crippen LogP contribution in [0, 0.1) is 0 Å². The second-order valence-corrected chi connectivity index (χ2v) is 10.2. The van der Waals surface area contributed by atoms with Crippen LogP contribution in [-0.4, -0.2) is 85.1 Å². The van der Waals surface area contributed by atoms with E-state index in [0.717, 1.165) is 19.3 Å². The van der Waals surface area contributed by atoms with E-state index in [4.69, 9.17) is 4.74 Å². The van der Waals surface area contributed by atoms with Gasteiger partial charge in [0.15, 0.2) is 0 Å². The number of benzene rings is 2. The Balaban J connectivity index is 0.00000512. The summed E-state index contributed by atoms with van der Waals surface area (Å²) in [5, 5.41) is 0. The zero-order valence-electron chi connectivity index (χ0n) is 17.7. The number of para-hydroxylation sites is 1. The number of unbranched alkanes of at least 4 members (excludes halogenated alkanes) is 7. The second-order valence-electron chi connectivity index (χ2n) is 7.46. The average Bonchev–Trinajstić information content (AvgIpc) is 2.69. The van der Waals surface area contributed by atoms with Crippen molar-refractivity contribution in [2.75, 3.05) is 0 Å². The molecule has 0 atom stereocenters. The molecule has 0 aliphatic heterocycles. The first-order chi connectivity index (χ1) is 14.6. The van der Waals surface area contributed by atoms with Gasteiger partial charge in [0.1, 0.15) is 21.3 Å². The molecule has 2 aromatic rings. The Morgan fingerprint density at radius 2 is 1.15 bits per heavy atom. The third-order valence-electron chi connectivity index (χ3n) is 5.00. The number of hydrogen-bond donors (Lipinski definition) is 2. The van der Waals surface area contributed by atoms with Crippen molar-refractivity contribution in [3.63, 3.8) is 0 Å². The molecule has 176 valence electrons. The van der Waals surface area contributed by atoms with E-state index in [0.29, 0.717) is 12.8 Å². The summed E-state index contributed by atoms with van der Waals surface area (Å²) in [6.45, 7) is 2.17. The first-order valence-corrected chi connectivity index (χ1v) is 13.4. The molecule has 33 heavy (non-hydrogen) atoms. The summed E-state index contributed by atoms with van der Waals surface area (Å²) in [4.78, 5) is -0.692. The van der Waals surface area contributed by atoms with Crippen molar-refractivity contribution in [1.29, 1.82) is 0 Å². The van der Waals surface area contributed by atoms with Crippen molar-refractivity contribution in [3.05, 3.63) is 48.0 Å².